The fraction of sp³-hybridized carbons (Fsp3) is 0.143. The lowest BCUT2D eigenvalue weighted by Gasteiger charge is -2.53. The highest BCUT2D eigenvalue weighted by atomic mass is 28.5. The van der Waals surface area contributed by atoms with Crippen LogP contribution in [-0.2, 0) is 16.5 Å². The molecule has 1 aliphatic rings. The maximum Gasteiger partial charge on any atom is 0.390 e. The highest BCUT2D eigenvalue weighted by Gasteiger charge is 2.68. The van der Waals surface area contributed by atoms with Crippen molar-refractivity contribution in [2.45, 2.75) is 0 Å². The van der Waals surface area contributed by atoms with Crippen LogP contribution in [0.3, 0.4) is 0 Å². The summed E-state index contributed by atoms with van der Waals surface area (Å²) in [5.74, 6) is 5.25. The molecule has 1 saturated heterocycles. The zero-order chi connectivity index (χ0) is 50.4. The molecule has 9 rings (SSSR count). The van der Waals surface area contributed by atoms with Crippen LogP contribution in [0.5, 0.6) is 46.0 Å². The average molecular weight is 1030 g/mol. The van der Waals surface area contributed by atoms with E-state index in [0.717, 1.165) is 41.5 Å². The van der Waals surface area contributed by atoms with E-state index in [1.807, 2.05) is 194 Å². The van der Waals surface area contributed by atoms with E-state index in [1.165, 1.54) is 0 Å². The standard InChI is InChI=1S/C56H56O12Si4/c1-57-41-9-25-49(26-10-41)69(50-27-11-42(58-2)12-28-50)65-70(51-29-13-43(59-3)14-30-51,52-31-15-44(60-4)16-32-52)67-72(55-37-21-47(63-7)22-38-55,56-39-23-48(64-8)24-40-56)68-71(66-69,53-33-17-45(61-5)18-34-53)54-35-19-46(62-6)20-36-54/h9-40H,1-8H3. The summed E-state index contributed by atoms with van der Waals surface area (Å²) in [6.45, 7) is 0. The molecule has 0 unspecified atom stereocenters. The van der Waals surface area contributed by atoms with Gasteiger partial charge in [-0.25, -0.2) is 0 Å². The third-order valence-corrected chi connectivity index (χ3v) is 30.9. The first kappa shape index (κ1) is 49.8. The summed E-state index contributed by atoms with van der Waals surface area (Å²) in [5.41, 5.74) is 0. The molecule has 8 aromatic carbocycles. The van der Waals surface area contributed by atoms with E-state index >= 15 is 0 Å². The molecule has 0 atom stereocenters. The summed E-state index contributed by atoms with van der Waals surface area (Å²) in [4.78, 5) is 0. The van der Waals surface area contributed by atoms with E-state index in [9.17, 15) is 0 Å². The molecular formula is C56H56O12Si4. The normalized spacial score (nSPS) is 15.4. The molecule has 1 fully saturated rings. The van der Waals surface area contributed by atoms with Crippen LogP contribution in [0.4, 0.5) is 0 Å². The minimum atomic E-state index is -4.35. The Hall–Kier alpha value is -7.13. The van der Waals surface area contributed by atoms with Gasteiger partial charge >= 0.3 is 34.2 Å². The molecule has 0 aromatic heterocycles. The van der Waals surface area contributed by atoms with Crippen LogP contribution in [0, 0.1) is 0 Å². The van der Waals surface area contributed by atoms with Crippen LogP contribution in [0.25, 0.3) is 0 Å². The van der Waals surface area contributed by atoms with Crippen LogP contribution in [0.2, 0.25) is 0 Å². The van der Waals surface area contributed by atoms with Crippen molar-refractivity contribution < 1.29 is 54.4 Å². The number of methoxy groups -OCH3 is 8. The minimum Gasteiger partial charge on any atom is -0.497 e. The summed E-state index contributed by atoms with van der Waals surface area (Å²) in [7, 11) is -4.23. The van der Waals surface area contributed by atoms with Gasteiger partial charge < -0.3 is 54.4 Å². The van der Waals surface area contributed by atoms with Gasteiger partial charge in [-0.2, -0.15) is 0 Å². The molecule has 368 valence electrons. The number of benzene rings is 8. The lowest BCUT2D eigenvalue weighted by Crippen LogP contribution is -2.88. The van der Waals surface area contributed by atoms with Crippen LogP contribution in [-0.4, -0.2) is 91.1 Å². The van der Waals surface area contributed by atoms with Crippen LogP contribution >= 0.6 is 0 Å². The average Bonchev–Trinajstić information content (AvgIpc) is 3.45. The quantitative estimate of drug-likeness (QED) is 0.119. The van der Waals surface area contributed by atoms with Crippen molar-refractivity contribution in [3.8, 4) is 46.0 Å². The Morgan fingerprint density at radius 1 is 0.181 bits per heavy atom. The van der Waals surface area contributed by atoms with Gasteiger partial charge in [-0.3, -0.25) is 0 Å². The molecule has 0 radical (unpaired) electrons. The number of rotatable bonds is 16. The van der Waals surface area contributed by atoms with Crippen molar-refractivity contribution in [3.63, 3.8) is 0 Å². The van der Waals surface area contributed by atoms with Gasteiger partial charge in [0.05, 0.1) is 56.9 Å². The zero-order valence-corrected chi connectivity index (χ0v) is 45.4. The van der Waals surface area contributed by atoms with Gasteiger partial charge in [0.2, 0.25) is 0 Å². The maximum absolute atomic E-state index is 8.64. The highest BCUT2D eigenvalue weighted by molar-refractivity contribution is 7.16. The topological polar surface area (TPSA) is 111 Å². The fourth-order valence-corrected chi connectivity index (χ4v) is 31.3. The summed E-state index contributed by atoms with van der Waals surface area (Å²) >= 11 is 0. The second-order valence-electron chi connectivity index (χ2n) is 16.7. The fourth-order valence-electron chi connectivity index (χ4n) is 8.99. The molecule has 0 amide bonds. The lowest BCUT2D eigenvalue weighted by molar-refractivity contribution is 0.268. The van der Waals surface area contributed by atoms with Gasteiger partial charge in [0.15, 0.2) is 0 Å². The smallest absolute Gasteiger partial charge is 0.390 e. The van der Waals surface area contributed by atoms with Gasteiger partial charge in [0.25, 0.3) is 0 Å². The molecule has 0 N–H and O–H groups in total. The molecule has 12 nitrogen and oxygen atoms in total. The zero-order valence-electron chi connectivity index (χ0n) is 41.4. The Morgan fingerprint density at radius 2 is 0.278 bits per heavy atom. The van der Waals surface area contributed by atoms with E-state index in [2.05, 4.69) is 0 Å². The van der Waals surface area contributed by atoms with Crippen LogP contribution in [0.1, 0.15) is 0 Å². The van der Waals surface area contributed by atoms with Crippen molar-refractivity contribution in [1.29, 1.82) is 0 Å². The van der Waals surface area contributed by atoms with Gasteiger partial charge in [0, 0.05) is 0 Å². The van der Waals surface area contributed by atoms with E-state index in [0.29, 0.717) is 46.0 Å². The first-order valence-electron chi connectivity index (χ1n) is 23.1. The van der Waals surface area contributed by atoms with Crippen LogP contribution in [0.15, 0.2) is 194 Å². The summed E-state index contributed by atoms with van der Waals surface area (Å²) < 4.78 is 81.0. The largest absolute Gasteiger partial charge is 0.497 e. The van der Waals surface area contributed by atoms with Gasteiger partial charge in [-0.15, -0.1) is 0 Å². The van der Waals surface area contributed by atoms with E-state index in [1.54, 1.807) is 56.9 Å². The van der Waals surface area contributed by atoms with Crippen molar-refractivity contribution in [3.05, 3.63) is 194 Å². The Kier molecular flexibility index (Phi) is 14.7. The number of hydrogen-bond acceptors (Lipinski definition) is 12. The Bertz CT molecular complexity index is 2410. The SMILES string of the molecule is COc1ccc([Si]2(c3ccc(OC)cc3)O[Si](c3ccc(OC)cc3)(c3ccc(OC)cc3)O[Si](c3ccc(OC)cc3)(c3ccc(OC)cc3)O[Si](c3ccc(OC)cc3)(c3ccc(OC)cc3)O2)cc1. The minimum absolute atomic E-state index is 0.657. The van der Waals surface area contributed by atoms with Gasteiger partial charge in [-0.05, 0) is 139 Å². The maximum atomic E-state index is 8.64. The van der Waals surface area contributed by atoms with Crippen molar-refractivity contribution in [1.82, 2.24) is 0 Å². The lowest BCUT2D eigenvalue weighted by atomic mass is 10.3. The van der Waals surface area contributed by atoms with Crippen molar-refractivity contribution in [2.24, 2.45) is 0 Å². The molecular weight excluding hydrogens is 977 g/mol. The third kappa shape index (κ3) is 9.30. The van der Waals surface area contributed by atoms with Crippen molar-refractivity contribution in [2.75, 3.05) is 56.9 Å². The summed E-state index contributed by atoms with van der Waals surface area (Å²) in [5, 5.41) is 6.12. The predicted octanol–water partition coefficient (Wildman–Crippen LogP) is 5.16. The summed E-state index contributed by atoms with van der Waals surface area (Å²) in [6, 6.07) is 63.3. The van der Waals surface area contributed by atoms with Gasteiger partial charge in [-0.1, -0.05) is 97.1 Å². The molecule has 0 bridgehead atoms. The first-order valence-corrected chi connectivity index (χ1v) is 30.4. The molecule has 72 heavy (non-hydrogen) atoms. The van der Waals surface area contributed by atoms with Crippen LogP contribution < -0.4 is 79.4 Å². The van der Waals surface area contributed by atoms with E-state index in [4.69, 9.17) is 54.4 Å². The monoisotopic (exact) mass is 1030 g/mol. The molecule has 16 heteroatoms. The number of ether oxygens (including phenoxy) is 8. The third-order valence-electron chi connectivity index (χ3n) is 12.9. The molecule has 0 spiro atoms. The Morgan fingerprint density at radius 3 is 0.361 bits per heavy atom. The molecule has 1 heterocycles. The predicted molar refractivity (Wildman–Crippen MR) is 288 cm³/mol. The second-order valence-corrected chi connectivity index (χ2v) is 29.5. The molecule has 8 aromatic rings. The molecule has 0 saturated carbocycles. The van der Waals surface area contributed by atoms with Gasteiger partial charge in [0.1, 0.15) is 46.0 Å². The second kappa shape index (κ2) is 21.3. The first-order chi connectivity index (χ1) is 35.1. The Balaban J connectivity index is 1.52. The summed E-state index contributed by atoms with van der Waals surface area (Å²) in [6.07, 6.45) is 0. The van der Waals surface area contributed by atoms with E-state index < -0.39 is 34.2 Å². The van der Waals surface area contributed by atoms with Crippen molar-refractivity contribution >= 4 is 75.7 Å². The molecule has 1 aliphatic heterocycles. The molecule has 0 aliphatic carbocycles. The highest BCUT2D eigenvalue weighted by Crippen LogP contribution is 2.35. The van der Waals surface area contributed by atoms with E-state index in [-0.39, 0.29) is 0 Å². The Labute approximate surface area is 425 Å². The number of hydrogen-bond donors (Lipinski definition) is 0.